The van der Waals surface area contributed by atoms with Crippen molar-refractivity contribution in [2.24, 2.45) is 0 Å². The maximum atomic E-state index is 11.1. The predicted molar refractivity (Wildman–Crippen MR) is 48.0 cm³/mol. The average Bonchev–Trinajstić information content (AvgIpc) is 2.03. The van der Waals surface area contributed by atoms with Gasteiger partial charge in [-0.15, -0.1) is 0 Å². The van der Waals surface area contributed by atoms with E-state index in [1.807, 2.05) is 0 Å². The molecule has 0 radical (unpaired) electrons. The van der Waals surface area contributed by atoms with Crippen LogP contribution in [0.3, 0.4) is 0 Å². The molecule has 0 atom stereocenters. The Bertz CT molecular complexity index is 372. The molecule has 1 aromatic heterocycles. The number of pyridine rings is 1. The van der Waals surface area contributed by atoms with Crippen LogP contribution < -0.4 is 5.56 Å². The summed E-state index contributed by atoms with van der Waals surface area (Å²) in [6, 6.07) is 2.53. The third kappa shape index (κ3) is 2.59. The second-order valence-electron chi connectivity index (χ2n) is 2.30. The van der Waals surface area contributed by atoms with Gasteiger partial charge in [0.05, 0.1) is 6.61 Å². The van der Waals surface area contributed by atoms with Gasteiger partial charge in [0.1, 0.15) is 5.69 Å². The van der Waals surface area contributed by atoms with Gasteiger partial charge in [-0.3, -0.25) is 4.79 Å². The van der Waals surface area contributed by atoms with Crippen LogP contribution in [0.1, 0.15) is 17.4 Å². The fraction of sp³-hybridized carbons (Fsp3) is 0.250. The van der Waals surface area contributed by atoms with Gasteiger partial charge >= 0.3 is 5.97 Å². The zero-order chi connectivity index (χ0) is 9.84. The number of H-pyrrole nitrogens is 1. The minimum absolute atomic E-state index is 0.0688. The normalized spacial score (nSPS) is 9.69. The summed E-state index contributed by atoms with van der Waals surface area (Å²) in [6.45, 7) is 1.94. The molecule has 0 fully saturated rings. The first-order chi connectivity index (χ1) is 6.13. The quantitative estimate of drug-likeness (QED) is 0.732. The van der Waals surface area contributed by atoms with Crippen molar-refractivity contribution >= 4 is 17.6 Å². The molecule has 0 aliphatic rings. The first-order valence-electron chi connectivity index (χ1n) is 3.70. The number of nitrogens with one attached hydrogen (secondary N) is 1. The van der Waals surface area contributed by atoms with Crippen LogP contribution in [0, 0.1) is 0 Å². The molecule has 0 saturated heterocycles. The molecule has 5 heteroatoms. The van der Waals surface area contributed by atoms with E-state index in [-0.39, 0.29) is 17.3 Å². The molecule has 1 aromatic rings. The Balaban J connectivity index is 3.01. The number of aromatic amines is 1. The van der Waals surface area contributed by atoms with Crippen LogP contribution in [0.25, 0.3) is 0 Å². The lowest BCUT2D eigenvalue weighted by molar-refractivity contribution is 0.0519. The zero-order valence-electron chi connectivity index (χ0n) is 6.96. The summed E-state index contributed by atoms with van der Waals surface area (Å²) in [4.78, 5) is 24.3. The smallest absolute Gasteiger partial charge is 0.354 e. The number of ether oxygens (including phenoxy) is 1. The highest BCUT2D eigenvalue weighted by molar-refractivity contribution is 6.30. The molecule has 0 aliphatic carbocycles. The van der Waals surface area contributed by atoms with E-state index < -0.39 is 11.5 Å². The summed E-state index contributed by atoms with van der Waals surface area (Å²) in [5.41, 5.74) is -0.352. The lowest BCUT2D eigenvalue weighted by Gasteiger charge is -2.00. The van der Waals surface area contributed by atoms with Crippen LogP contribution in [-0.4, -0.2) is 17.6 Å². The number of esters is 1. The molecule has 1 rings (SSSR count). The zero-order valence-corrected chi connectivity index (χ0v) is 7.72. The van der Waals surface area contributed by atoms with Gasteiger partial charge in [0.2, 0.25) is 5.56 Å². The van der Waals surface area contributed by atoms with Crippen molar-refractivity contribution in [3.8, 4) is 0 Å². The Morgan fingerprint density at radius 2 is 2.31 bits per heavy atom. The largest absolute Gasteiger partial charge is 0.461 e. The number of hydrogen-bond acceptors (Lipinski definition) is 3. The van der Waals surface area contributed by atoms with Crippen molar-refractivity contribution in [1.82, 2.24) is 4.98 Å². The lowest BCUT2D eigenvalue weighted by atomic mass is 10.3. The lowest BCUT2D eigenvalue weighted by Crippen LogP contribution is -2.14. The van der Waals surface area contributed by atoms with E-state index in [9.17, 15) is 9.59 Å². The Morgan fingerprint density at radius 1 is 1.62 bits per heavy atom. The van der Waals surface area contributed by atoms with Crippen LogP contribution in [0.5, 0.6) is 0 Å². The molecule has 0 aromatic carbocycles. The Kier molecular flexibility index (Phi) is 3.08. The summed E-state index contributed by atoms with van der Waals surface area (Å²) in [7, 11) is 0. The molecule has 0 unspecified atom stereocenters. The predicted octanol–water partition coefficient (Wildman–Crippen LogP) is 1.20. The average molecular weight is 202 g/mol. The van der Waals surface area contributed by atoms with E-state index in [1.54, 1.807) is 6.92 Å². The summed E-state index contributed by atoms with van der Waals surface area (Å²) in [5, 5.41) is 0.215. The molecular formula is C8H8ClNO3. The molecule has 0 bridgehead atoms. The summed E-state index contributed by atoms with van der Waals surface area (Å²) < 4.78 is 4.67. The van der Waals surface area contributed by atoms with Gasteiger partial charge in [0.15, 0.2) is 0 Å². The van der Waals surface area contributed by atoms with Gasteiger partial charge in [-0.25, -0.2) is 4.79 Å². The SMILES string of the molecule is CCOC(=O)c1cc(Cl)cc(=O)[nH]1. The van der Waals surface area contributed by atoms with Gasteiger partial charge in [-0.05, 0) is 13.0 Å². The second-order valence-corrected chi connectivity index (χ2v) is 2.73. The van der Waals surface area contributed by atoms with Gasteiger partial charge < -0.3 is 9.72 Å². The fourth-order valence-corrected chi connectivity index (χ4v) is 1.04. The molecule has 70 valence electrons. The topological polar surface area (TPSA) is 59.2 Å². The van der Waals surface area contributed by atoms with Crippen LogP contribution in [0.4, 0.5) is 0 Å². The van der Waals surface area contributed by atoms with E-state index in [4.69, 9.17) is 11.6 Å². The van der Waals surface area contributed by atoms with Gasteiger partial charge in [-0.1, -0.05) is 11.6 Å². The van der Waals surface area contributed by atoms with Crippen LogP contribution in [-0.2, 0) is 4.74 Å². The molecule has 0 aliphatic heterocycles. The Hall–Kier alpha value is -1.29. The number of aromatic nitrogens is 1. The molecule has 1 N–H and O–H groups in total. The molecule has 0 spiro atoms. The van der Waals surface area contributed by atoms with E-state index in [0.717, 1.165) is 0 Å². The van der Waals surface area contributed by atoms with Crippen molar-refractivity contribution < 1.29 is 9.53 Å². The van der Waals surface area contributed by atoms with Gasteiger partial charge in [0.25, 0.3) is 0 Å². The highest BCUT2D eigenvalue weighted by atomic mass is 35.5. The van der Waals surface area contributed by atoms with E-state index >= 15 is 0 Å². The van der Waals surface area contributed by atoms with Crippen molar-refractivity contribution in [2.75, 3.05) is 6.61 Å². The van der Waals surface area contributed by atoms with Crippen LogP contribution in [0.15, 0.2) is 16.9 Å². The first kappa shape index (κ1) is 9.80. The Morgan fingerprint density at radius 3 is 2.85 bits per heavy atom. The van der Waals surface area contributed by atoms with E-state index in [2.05, 4.69) is 9.72 Å². The fourth-order valence-electron chi connectivity index (χ4n) is 0.828. The molecular weight excluding hydrogens is 194 g/mol. The molecule has 0 saturated carbocycles. The third-order valence-corrected chi connectivity index (χ3v) is 1.52. The number of halogens is 1. The maximum Gasteiger partial charge on any atom is 0.354 e. The third-order valence-electron chi connectivity index (χ3n) is 1.30. The van der Waals surface area contributed by atoms with Crippen molar-refractivity contribution in [3.05, 3.63) is 33.2 Å². The number of carbonyl (C=O) groups is 1. The van der Waals surface area contributed by atoms with E-state index in [1.165, 1.54) is 12.1 Å². The summed E-state index contributed by atoms with van der Waals surface area (Å²) in [6.07, 6.45) is 0. The number of carbonyl (C=O) groups excluding carboxylic acids is 1. The highest BCUT2D eigenvalue weighted by Gasteiger charge is 2.07. The minimum Gasteiger partial charge on any atom is -0.461 e. The van der Waals surface area contributed by atoms with Crippen LogP contribution in [0.2, 0.25) is 5.02 Å². The molecule has 13 heavy (non-hydrogen) atoms. The molecule has 1 heterocycles. The molecule has 4 nitrogen and oxygen atoms in total. The van der Waals surface area contributed by atoms with Gasteiger partial charge in [0, 0.05) is 11.1 Å². The second kappa shape index (κ2) is 4.09. The van der Waals surface area contributed by atoms with Crippen LogP contribution >= 0.6 is 11.6 Å². The summed E-state index contributed by atoms with van der Waals surface area (Å²) >= 11 is 5.57. The highest BCUT2D eigenvalue weighted by Crippen LogP contribution is 2.06. The minimum atomic E-state index is -0.581. The van der Waals surface area contributed by atoms with Crippen molar-refractivity contribution in [1.29, 1.82) is 0 Å². The van der Waals surface area contributed by atoms with Gasteiger partial charge in [-0.2, -0.15) is 0 Å². The molecule has 0 amide bonds. The standard InChI is InChI=1S/C8H8ClNO3/c1-2-13-8(12)6-3-5(9)4-7(11)10-6/h3-4H,2H2,1H3,(H,10,11). The monoisotopic (exact) mass is 201 g/mol. The van der Waals surface area contributed by atoms with Crippen molar-refractivity contribution in [3.63, 3.8) is 0 Å². The van der Waals surface area contributed by atoms with Crippen molar-refractivity contribution in [2.45, 2.75) is 6.92 Å². The first-order valence-corrected chi connectivity index (χ1v) is 4.08. The van der Waals surface area contributed by atoms with E-state index in [0.29, 0.717) is 0 Å². The maximum absolute atomic E-state index is 11.1. The number of hydrogen-bond donors (Lipinski definition) is 1. The Labute approximate surface area is 79.5 Å². The number of rotatable bonds is 2. The summed E-state index contributed by atoms with van der Waals surface area (Å²) in [5.74, 6) is -0.581.